The highest BCUT2D eigenvalue weighted by molar-refractivity contribution is 5.93. The molecule has 3 N–H and O–H groups in total. The number of benzene rings is 2. The molecule has 152 valence electrons. The summed E-state index contributed by atoms with van der Waals surface area (Å²) in [5.41, 5.74) is 11.2. The smallest absolute Gasteiger partial charge is 0.149 e. The molecule has 2 aromatic carbocycles. The first-order valence-electron chi connectivity index (χ1n) is 10.3. The largest absolute Gasteiger partial charge is 0.390 e. The highest BCUT2D eigenvalue weighted by Gasteiger charge is 2.49. The van der Waals surface area contributed by atoms with Gasteiger partial charge in [0, 0.05) is 28.2 Å². The van der Waals surface area contributed by atoms with E-state index in [1.54, 1.807) is 6.20 Å². The number of rotatable bonds is 3. The van der Waals surface area contributed by atoms with Crippen molar-refractivity contribution in [2.24, 2.45) is 5.73 Å². The monoisotopic (exact) mass is 406 g/mol. The Kier molecular flexibility index (Phi) is 4.37. The second-order valence-electron chi connectivity index (χ2n) is 8.67. The minimum Gasteiger partial charge on any atom is -0.390 e. The summed E-state index contributed by atoms with van der Waals surface area (Å²) >= 11 is 0. The van der Waals surface area contributed by atoms with Crippen LogP contribution in [0.25, 0.3) is 33.3 Å². The minimum absolute atomic E-state index is 0.367. The number of nitrogens with two attached hydrogens (primary N) is 1. The molecule has 1 aliphatic carbocycles. The molecule has 31 heavy (non-hydrogen) atoms. The fourth-order valence-electron chi connectivity index (χ4n) is 4.71. The molecule has 5 nitrogen and oxygen atoms in total. The lowest BCUT2D eigenvalue weighted by Crippen LogP contribution is -2.58. The Morgan fingerprint density at radius 3 is 2.35 bits per heavy atom. The van der Waals surface area contributed by atoms with Crippen molar-refractivity contribution in [2.75, 3.05) is 0 Å². The van der Waals surface area contributed by atoms with Crippen molar-refractivity contribution in [3.8, 4) is 28.5 Å². The summed E-state index contributed by atoms with van der Waals surface area (Å²) < 4.78 is 0. The van der Waals surface area contributed by atoms with Gasteiger partial charge in [-0.25, -0.2) is 9.97 Å². The first-order chi connectivity index (χ1) is 14.9. The van der Waals surface area contributed by atoms with Crippen LogP contribution in [0.4, 0.5) is 0 Å². The predicted molar refractivity (Wildman–Crippen MR) is 121 cm³/mol. The Morgan fingerprint density at radius 2 is 1.71 bits per heavy atom. The van der Waals surface area contributed by atoms with Gasteiger partial charge >= 0.3 is 0 Å². The van der Waals surface area contributed by atoms with Crippen LogP contribution in [0, 0.1) is 11.3 Å². The van der Waals surface area contributed by atoms with E-state index >= 15 is 0 Å². The molecule has 2 aromatic heterocycles. The van der Waals surface area contributed by atoms with Gasteiger partial charge in [0.15, 0.2) is 0 Å². The van der Waals surface area contributed by atoms with Crippen molar-refractivity contribution in [3.63, 3.8) is 0 Å². The molecule has 1 saturated carbocycles. The van der Waals surface area contributed by atoms with Gasteiger partial charge in [0.25, 0.3) is 0 Å². The molecular formula is C26H22N4O. The highest BCUT2D eigenvalue weighted by Crippen LogP contribution is 2.46. The van der Waals surface area contributed by atoms with Crippen LogP contribution in [0.15, 0.2) is 72.9 Å². The van der Waals surface area contributed by atoms with Crippen LogP contribution in [0.2, 0.25) is 0 Å². The third kappa shape index (κ3) is 3.36. The van der Waals surface area contributed by atoms with E-state index in [1.807, 2.05) is 73.7 Å². The van der Waals surface area contributed by atoms with Crippen LogP contribution < -0.4 is 5.73 Å². The van der Waals surface area contributed by atoms with Gasteiger partial charge in [-0.3, -0.25) is 0 Å². The number of aliphatic hydroxyl groups is 1. The zero-order valence-electron chi connectivity index (χ0n) is 17.2. The fourth-order valence-corrected chi connectivity index (χ4v) is 4.71. The van der Waals surface area contributed by atoms with Gasteiger partial charge < -0.3 is 10.8 Å². The van der Waals surface area contributed by atoms with E-state index in [2.05, 4.69) is 11.1 Å². The summed E-state index contributed by atoms with van der Waals surface area (Å²) in [6.07, 6.45) is 2.71. The standard InChI is InChI=1S/C26H22N4O/c1-25(31)15-26(28,16-25)19-9-7-18(8-10-19)24-20(17-5-3-2-4-6-17)13-21-22(30-24)11-12-29-23(21)14-27/h2-13,31H,15-16,28H2,1H3. The molecule has 1 aliphatic rings. The van der Waals surface area contributed by atoms with Crippen LogP contribution in [0.5, 0.6) is 0 Å². The molecule has 4 aromatic rings. The first-order valence-corrected chi connectivity index (χ1v) is 10.3. The fraction of sp³-hybridized carbons (Fsp3) is 0.192. The van der Waals surface area contributed by atoms with Crippen molar-refractivity contribution in [2.45, 2.75) is 30.9 Å². The van der Waals surface area contributed by atoms with E-state index in [9.17, 15) is 10.4 Å². The average Bonchev–Trinajstić information content (AvgIpc) is 2.77. The summed E-state index contributed by atoms with van der Waals surface area (Å²) in [6.45, 7) is 1.82. The summed E-state index contributed by atoms with van der Waals surface area (Å²) in [5.74, 6) is 0. The van der Waals surface area contributed by atoms with E-state index in [4.69, 9.17) is 10.7 Å². The second kappa shape index (κ2) is 6.98. The average molecular weight is 406 g/mol. The zero-order chi connectivity index (χ0) is 21.6. The van der Waals surface area contributed by atoms with Crippen molar-refractivity contribution < 1.29 is 5.11 Å². The summed E-state index contributed by atoms with van der Waals surface area (Å²) in [5, 5.41) is 20.4. The van der Waals surface area contributed by atoms with Gasteiger partial charge in [-0.15, -0.1) is 0 Å². The quantitative estimate of drug-likeness (QED) is 0.521. The summed E-state index contributed by atoms with van der Waals surface area (Å²) in [7, 11) is 0. The number of pyridine rings is 2. The van der Waals surface area contributed by atoms with Crippen LogP contribution >= 0.6 is 0 Å². The summed E-state index contributed by atoms with van der Waals surface area (Å²) in [6, 6.07) is 24.1. The Bertz CT molecular complexity index is 1310. The van der Waals surface area contributed by atoms with Crippen LogP contribution in [0.1, 0.15) is 31.0 Å². The third-order valence-electron chi connectivity index (χ3n) is 6.06. The molecule has 1 fully saturated rings. The van der Waals surface area contributed by atoms with E-state index in [-0.39, 0.29) is 0 Å². The first kappa shape index (κ1) is 19.4. The van der Waals surface area contributed by atoms with Crippen LogP contribution in [0.3, 0.4) is 0 Å². The molecule has 0 saturated heterocycles. The normalized spacial score (nSPS) is 22.6. The van der Waals surface area contributed by atoms with E-state index in [0.717, 1.165) is 38.9 Å². The number of nitriles is 1. The van der Waals surface area contributed by atoms with Gasteiger partial charge in [0.1, 0.15) is 11.8 Å². The van der Waals surface area contributed by atoms with Gasteiger partial charge in [0.2, 0.25) is 0 Å². The predicted octanol–water partition coefficient (Wildman–Crippen LogP) is 4.53. The summed E-state index contributed by atoms with van der Waals surface area (Å²) in [4.78, 5) is 9.11. The number of fused-ring (bicyclic) bond motifs is 1. The van der Waals surface area contributed by atoms with E-state index in [0.29, 0.717) is 18.5 Å². The van der Waals surface area contributed by atoms with Gasteiger partial charge in [-0.2, -0.15) is 5.26 Å². The van der Waals surface area contributed by atoms with Crippen molar-refractivity contribution in [3.05, 3.63) is 84.2 Å². The van der Waals surface area contributed by atoms with Crippen LogP contribution in [-0.4, -0.2) is 20.7 Å². The van der Waals surface area contributed by atoms with Gasteiger partial charge in [0.05, 0.1) is 16.8 Å². The van der Waals surface area contributed by atoms with Gasteiger partial charge in [-0.1, -0.05) is 54.6 Å². The molecule has 0 unspecified atom stereocenters. The lowest BCUT2D eigenvalue weighted by atomic mass is 9.63. The Balaban J connectivity index is 1.65. The Hall–Kier alpha value is -3.59. The van der Waals surface area contributed by atoms with E-state index in [1.165, 1.54) is 0 Å². The third-order valence-corrected chi connectivity index (χ3v) is 6.06. The molecular weight excluding hydrogens is 384 g/mol. The number of hydrogen-bond donors (Lipinski definition) is 2. The molecule has 0 aliphatic heterocycles. The van der Waals surface area contributed by atoms with Gasteiger partial charge in [-0.05, 0) is 43.0 Å². The van der Waals surface area contributed by atoms with Crippen LogP contribution in [-0.2, 0) is 5.54 Å². The Labute approximate surface area is 180 Å². The minimum atomic E-state index is -0.694. The molecule has 0 radical (unpaired) electrons. The molecule has 2 heterocycles. The maximum absolute atomic E-state index is 10.1. The van der Waals surface area contributed by atoms with Crippen molar-refractivity contribution >= 4 is 10.9 Å². The zero-order valence-corrected chi connectivity index (χ0v) is 17.2. The Morgan fingerprint density at radius 1 is 1.00 bits per heavy atom. The highest BCUT2D eigenvalue weighted by atomic mass is 16.3. The topological polar surface area (TPSA) is 95.8 Å². The number of hydrogen-bond acceptors (Lipinski definition) is 5. The lowest BCUT2D eigenvalue weighted by Gasteiger charge is -2.49. The van der Waals surface area contributed by atoms with E-state index < -0.39 is 11.1 Å². The second-order valence-corrected chi connectivity index (χ2v) is 8.67. The maximum Gasteiger partial charge on any atom is 0.149 e. The number of nitrogens with zero attached hydrogens (tertiary/aromatic N) is 3. The lowest BCUT2D eigenvalue weighted by molar-refractivity contribution is -0.0738. The SMILES string of the molecule is CC1(O)CC(N)(c2ccc(-c3nc4ccnc(C#N)c4cc3-c3ccccc3)cc2)C1. The molecule has 0 bridgehead atoms. The van der Waals surface area contributed by atoms with Crippen molar-refractivity contribution in [1.82, 2.24) is 9.97 Å². The molecule has 5 rings (SSSR count). The molecule has 0 atom stereocenters. The molecule has 5 heteroatoms. The molecule has 0 amide bonds. The maximum atomic E-state index is 10.1. The van der Waals surface area contributed by atoms with Crippen molar-refractivity contribution in [1.29, 1.82) is 5.26 Å². The number of aromatic nitrogens is 2. The molecule has 0 spiro atoms.